The van der Waals surface area contributed by atoms with Crippen LogP contribution in [-0.4, -0.2) is 15.7 Å². The summed E-state index contributed by atoms with van der Waals surface area (Å²) in [7, 11) is 0. The highest BCUT2D eigenvalue weighted by Gasteiger charge is 2.17. The van der Waals surface area contributed by atoms with Gasteiger partial charge in [0, 0.05) is 28.8 Å². The Balaban J connectivity index is 1.73. The van der Waals surface area contributed by atoms with Crippen LogP contribution in [0.3, 0.4) is 0 Å². The molecular formula is C24H27ClFN3O2. The van der Waals surface area contributed by atoms with E-state index in [2.05, 4.69) is 10.4 Å². The molecule has 0 aliphatic carbocycles. The highest BCUT2D eigenvalue weighted by atomic mass is 35.5. The average molecular weight is 444 g/mol. The molecule has 1 N–H and O–H groups in total. The number of anilines is 1. The molecule has 7 heteroatoms. The van der Waals surface area contributed by atoms with Gasteiger partial charge in [-0.2, -0.15) is 5.10 Å². The number of amides is 1. The summed E-state index contributed by atoms with van der Waals surface area (Å²) >= 11 is 6.21. The van der Waals surface area contributed by atoms with Crippen molar-refractivity contribution in [1.82, 2.24) is 9.78 Å². The van der Waals surface area contributed by atoms with E-state index in [0.717, 1.165) is 16.8 Å². The highest BCUT2D eigenvalue weighted by molar-refractivity contribution is 6.30. The van der Waals surface area contributed by atoms with Crippen molar-refractivity contribution in [3.63, 3.8) is 0 Å². The fourth-order valence-electron chi connectivity index (χ4n) is 3.12. The highest BCUT2D eigenvalue weighted by Crippen LogP contribution is 2.26. The SMILES string of the molecule is Cc1cc(NC(=O)CC(C)(C)C)nn1Cc1cc(Cl)ccc1OCc1ccc(F)cc1. The first-order chi connectivity index (χ1) is 14.6. The molecule has 0 atom stereocenters. The van der Waals surface area contributed by atoms with Gasteiger partial charge >= 0.3 is 0 Å². The van der Waals surface area contributed by atoms with Crippen LogP contribution in [0.15, 0.2) is 48.5 Å². The predicted octanol–water partition coefficient (Wildman–Crippen LogP) is 5.99. The van der Waals surface area contributed by atoms with E-state index < -0.39 is 0 Å². The number of nitrogens with one attached hydrogen (secondary N) is 1. The average Bonchev–Trinajstić information content (AvgIpc) is 2.99. The van der Waals surface area contributed by atoms with Gasteiger partial charge in [-0.3, -0.25) is 9.48 Å². The van der Waals surface area contributed by atoms with Gasteiger partial charge in [0.1, 0.15) is 18.2 Å². The lowest BCUT2D eigenvalue weighted by Crippen LogP contribution is -2.20. The number of hydrogen-bond donors (Lipinski definition) is 1. The first-order valence-corrected chi connectivity index (χ1v) is 10.5. The Morgan fingerprint density at radius 1 is 1.16 bits per heavy atom. The van der Waals surface area contributed by atoms with Gasteiger partial charge in [0.25, 0.3) is 0 Å². The van der Waals surface area contributed by atoms with Crippen molar-refractivity contribution in [1.29, 1.82) is 0 Å². The Morgan fingerprint density at radius 2 is 1.87 bits per heavy atom. The van der Waals surface area contributed by atoms with Gasteiger partial charge in [-0.25, -0.2) is 4.39 Å². The molecule has 1 amide bonds. The molecule has 5 nitrogen and oxygen atoms in total. The second-order valence-corrected chi connectivity index (χ2v) is 9.22. The first-order valence-electron chi connectivity index (χ1n) is 10.1. The van der Waals surface area contributed by atoms with Gasteiger partial charge in [-0.05, 0) is 48.2 Å². The van der Waals surface area contributed by atoms with Crippen LogP contribution in [0.25, 0.3) is 0 Å². The number of nitrogens with zero attached hydrogens (tertiary/aromatic N) is 2. The molecule has 0 aliphatic heterocycles. The van der Waals surface area contributed by atoms with E-state index in [4.69, 9.17) is 16.3 Å². The molecule has 3 rings (SSSR count). The van der Waals surface area contributed by atoms with Gasteiger partial charge in [-0.1, -0.05) is 44.5 Å². The molecule has 2 aromatic carbocycles. The van der Waals surface area contributed by atoms with Crippen molar-refractivity contribution >= 4 is 23.3 Å². The lowest BCUT2D eigenvalue weighted by atomic mass is 9.92. The van der Waals surface area contributed by atoms with E-state index in [0.29, 0.717) is 36.2 Å². The van der Waals surface area contributed by atoms with E-state index in [1.165, 1.54) is 12.1 Å². The Hall–Kier alpha value is -2.86. The van der Waals surface area contributed by atoms with Gasteiger partial charge < -0.3 is 10.1 Å². The van der Waals surface area contributed by atoms with Crippen molar-refractivity contribution in [2.75, 3.05) is 5.32 Å². The number of halogens is 2. The number of aromatic nitrogens is 2. The third-order valence-corrected chi connectivity index (χ3v) is 4.82. The minimum Gasteiger partial charge on any atom is -0.489 e. The van der Waals surface area contributed by atoms with Crippen molar-refractivity contribution < 1.29 is 13.9 Å². The first kappa shape index (κ1) is 22.8. The van der Waals surface area contributed by atoms with Crippen LogP contribution >= 0.6 is 11.6 Å². The number of carbonyl (C=O) groups excluding carboxylic acids is 1. The van der Waals surface area contributed by atoms with Crippen LogP contribution in [0.4, 0.5) is 10.2 Å². The second kappa shape index (κ2) is 9.52. The van der Waals surface area contributed by atoms with E-state index in [-0.39, 0.29) is 17.1 Å². The maximum atomic E-state index is 13.1. The van der Waals surface area contributed by atoms with Crippen LogP contribution in [0.1, 0.15) is 44.0 Å². The van der Waals surface area contributed by atoms with Crippen molar-refractivity contribution in [3.8, 4) is 5.75 Å². The second-order valence-electron chi connectivity index (χ2n) is 8.78. The normalized spacial score (nSPS) is 11.4. The molecule has 0 saturated carbocycles. The quantitative estimate of drug-likeness (QED) is 0.488. The molecule has 0 radical (unpaired) electrons. The molecule has 1 aromatic heterocycles. The van der Waals surface area contributed by atoms with Crippen LogP contribution in [-0.2, 0) is 17.9 Å². The lowest BCUT2D eigenvalue weighted by Gasteiger charge is -2.16. The van der Waals surface area contributed by atoms with Gasteiger partial charge in [0.2, 0.25) is 5.91 Å². The number of rotatable bonds is 7. The molecule has 1 heterocycles. The summed E-state index contributed by atoms with van der Waals surface area (Å²) in [5.41, 5.74) is 2.52. The Morgan fingerprint density at radius 3 is 2.55 bits per heavy atom. The van der Waals surface area contributed by atoms with Crippen LogP contribution < -0.4 is 10.1 Å². The number of hydrogen-bond acceptors (Lipinski definition) is 3. The van der Waals surface area contributed by atoms with Gasteiger partial charge in [-0.15, -0.1) is 0 Å². The van der Waals surface area contributed by atoms with E-state index in [1.54, 1.807) is 22.9 Å². The molecule has 3 aromatic rings. The molecule has 0 bridgehead atoms. The summed E-state index contributed by atoms with van der Waals surface area (Å²) in [5.74, 6) is 0.836. The Labute approximate surface area is 187 Å². The van der Waals surface area contributed by atoms with E-state index in [9.17, 15) is 9.18 Å². The molecular weight excluding hydrogens is 417 g/mol. The number of carbonyl (C=O) groups is 1. The van der Waals surface area contributed by atoms with Gasteiger partial charge in [0.15, 0.2) is 5.82 Å². The third-order valence-electron chi connectivity index (χ3n) is 4.59. The van der Waals surface area contributed by atoms with Gasteiger partial charge in [0.05, 0.1) is 6.54 Å². The minimum absolute atomic E-state index is 0.0665. The number of aryl methyl sites for hydroxylation is 1. The molecule has 31 heavy (non-hydrogen) atoms. The summed E-state index contributed by atoms with van der Waals surface area (Å²) in [4.78, 5) is 12.2. The molecule has 0 spiro atoms. The van der Waals surface area contributed by atoms with E-state index in [1.807, 2.05) is 45.9 Å². The van der Waals surface area contributed by atoms with Crippen LogP contribution in [0, 0.1) is 18.2 Å². The Bertz CT molecular complexity index is 1060. The maximum Gasteiger partial charge on any atom is 0.226 e. The fourth-order valence-corrected chi connectivity index (χ4v) is 3.31. The summed E-state index contributed by atoms with van der Waals surface area (Å²) in [6, 6.07) is 13.4. The molecule has 0 fully saturated rings. The topological polar surface area (TPSA) is 56.2 Å². The zero-order chi connectivity index (χ0) is 22.6. The summed E-state index contributed by atoms with van der Waals surface area (Å²) < 4.78 is 20.9. The summed E-state index contributed by atoms with van der Waals surface area (Å²) in [6.07, 6.45) is 0.411. The summed E-state index contributed by atoms with van der Waals surface area (Å²) in [6.45, 7) is 8.71. The third kappa shape index (κ3) is 6.82. The standard InChI is InChI=1S/C24H27ClFN3O2/c1-16-11-22(27-23(30)13-24(2,3)4)28-29(16)14-18-12-19(25)7-10-21(18)31-15-17-5-8-20(26)9-6-17/h5-12H,13-15H2,1-4H3,(H,27,28,30). The Kier molecular flexibility index (Phi) is 7.01. The number of ether oxygens (including phenoxy) is 1. The molecule has 164 valence electrons. The maximum absolute atomic E-state index is 13.1. The zero-order valence-electron chi connectivity index (χ0n) is 18.2. The monoisotopic (exact) mass is 443 g/mol. The van der Waals surface area contributed by atoms with E-state index >= 15 is 0 Å². The minimum atomic E-state index is -0.282. The lowest BCUT2D eigenvalue weighted by molar-refractivity contribution is -0.117. The predicted molar refractivity (Wildman–Crippen MR) is 121 cm³/mol. The number of benzene rings is 2. The smallest absolute Gasteiger partial charge is 0.226 e. The van der Waals surface area contributed by atoms with Crippen LogP contribution in [0.5, 0.6) is 5.75 Å². The molecule has 0 unspecified atom stereocenters. The van der Waals surface area contributed by atoms with Crippen molar-refractivity contribution in [2.45, 2.75) is 47.3 Å². The zero-order valence-corrected chi connectivity index (χ0v) is 19.0. The van der Waals surface area contributed by atoms with Crippen molar-refractivity contribution in [2.24, 2.45) is 5.41 Å². The van der Waals surface area contributed by atoms with Crippen LogP contribution in [0.2, 0.25) is 5.02 Å². The summed E-state index contributed by atoms with van der Waals surface area (Å²) in [5, 5.41) is 7.97. The fraction of sp³-hybridized carbons (Fsp3) is 0.333. The van der Waals surface area contributed by atoms with Crippen molar-refractivity contribution in [3.05, 3.63) is 76.2 Å². The molecule has 0 aliphatic rings. The molecule has 0 saturated heterocycles. The largest absolute Gasteiger partial charge is 0.489 e.